The lowest BCUT2D eigenvalue weighted by molar-refractivity contribution is -0.118. The van der Waals surface area contributed by atoms with E-state index in [1.54, 1.807) is 73.8 Å². The lowest BCUT2D eigenvalue weighted by atomic mass is 10.2. The number of fused-ring (bicyclic) bond motifs is 1. The molecule has 0 unspecified atom stereocenters. The molecule has 5 rings (SSSR count). The molecule has 0 radical (unpaired) electrons. The standard InChI is InChI=1S/C26H20N2O6S2/c1-31-20-5-3-2-4-19(20)27-24(29)14-32-18-9-6-16(7-10-18)12-23-25(30)28(26(35)36-23)17-8-11-21-22(13-17)34-15-33-21/h2-13H,14-15H2,1H3,(H,27,29)/b23-12+. The Morgan fingerprint density at radius 1 is 1.11 bits per heavy atom. The molecular formula is C26H20N2O6S2. The Bertz CT molecular complexity index is 1370. The quantitative estimate of drug-likeness (QED) is 0.350. The average molecular weight is 521 g/mol. The van der Waals surface area contributed by atoms with E-state index < -0.39 is 0 Å². The molecule has 1 N–H and O–H groups in total. The summed E-state index contributed by atoms with van der Waals surface area (Å²) in [5.74, 6) is 1.79. The van der Waals surface area contributed by atoms with Gasteiger partial charge in [-0.15, -0.1) is 0 Å². The molecular weight excluding hydrogens is 500 g/mol. The maximum absolute atomic E-state index is 13.1. The molecule has 3 aromatic carbocycles. The third kappa shape index (κ3) is 5.00. The number of thioether (sulfide) groups is 1. The molecule has 0 atom stereocenters. The van der Waals surface area contributed by atoms with Crippen molar-refractivity contribution in [2.45, 2.75) is 0 Å². The number of carbonyl (C=O) groups excluding carboxylic acids is 2. The molecule has 8 nitrogen and oxygen atoms in total. The van der Waals surface area contributed by atoms with Gasteiger partial charge >= 0.3 is 0 Å². The zero-order chi connectivity index (χ0) is 25.1. The maximum Gasteiger partial charge on any atom is 0.270 e. The first-order chi connectivity index (χ1) is 17.5. The van der Waals surface area contributed by atoms with Gasteiger partial charge in [0.05, 0.1) is 23.4 Å². The molecule has 0 spiro atoms. The van der Waals surface area contributed by atoms with E-state index in [2.05, 4.69) is 5.32 Å². The van der Waals surface area contributed by atoms with E-state index in [0.29, 0.717) is 43.6 Å². The normalized spacial score (nSPS) is 15.4. The highest BCUT2D eigenvalue weighted by atomic mass is 32.2. The number of rotatable bonds is 7. The molecule has 0 bridgehead atoms. The Hall–Kier alpha value is -4.02. The van der Waals surface area contributed by atoms with Crippen molar-refractivity contribution in [3.63, 3.8) is 0 Å². The number of nitrogens with zero attached hydrogens (tertiary/aromatic N) is 1. The van der Waals surface area contributed by atoms with Crippen molar-refractivity contribution >= 4 is 57.6 Å². The smallest absolute Gasteiger partial charge is 0.270 e. The number of para-hydroxylation sites is 2. The summed E-state index contributed by atoms with van der Waals surface area (Å²) in [6.07, 6.45) is 1.77. The lowest BCUT2D eigenvalue weighted by Crippen LogP contribution is -2.27. The van der Waals surface area contributed by atoms with Crippen LogP contribution in [-0.4, -0.2) is 36.6 Å². The Morgan fingerprint density at radius 3 is 2.69 bits per heavy atom. The van der Waals surface area contributed by atoms with E-state index in [0.717, 1.165) is 5.56 Å². The molecule has 2 aliphatic rings. The Labute approximate surface area is 216 Å². The lowest BCUT2D eigenvalue weighted by Gasteiger charge is -2.14. The Morgan fingerprint density at radius 2 is 1.89 bits per heavy atom. The summed E-state index contributed by atoms with van der Waals surface area (Å²) >= 11 is 6.68. The fourth-order valence-corrected chi connectivity index (χ4v) is 4.91. The van der Waals surface area contributed by atoms with Crippen molar-refractivity contribution < 1.29 is 28.5 Å². The van der Waals surface area contributed by atoms with Gasteiger partial charge < -0.3 is 24.3 Å². The van der Waals surface area contributed by atoms with Crippen LogP contribution in [0, 0.1) is 0 Å². The van der Waals surface area contributed by atoms with E-state index in [1.807, 2.05) is 6.07 Å². The fraction of sp³-hybridized carbons (Fsp3) is 0.115. The van der Waals surface area contributed by atoms with Crippen LogP contribution in [-0.2, 0) is 9.59 Å². The largest absolute Gasteiger partial charge is 0.495 e. The first kappa shape index (κ1) is 23.7. The number of methoxy groups -OCH3 is 1. The van der Waals surface area contributed by atoms with Crippen molar-refractivity contribution in [3.8, 4) is 23.0 Å². The summed E-state index contributed by atoms with van der Waals surface area (Å²) in [6.45, 7) is -0.00514. The highest BCUT2D eigenvalue weighted by Gasteiger charge is 2.34. The van der Waals surface area contributed by atoms with Gasteiger partial charge in [-0.3, -0.25) is 14.5 Å². The molecule has 3 aromatic rings. The van der Waals surface area contributed by atoms with Crippen molar-refractivity contribution in [2.75, 3.05) is 30.7 Å². The third-order valence-corrected chi connectivity index (χ3v) is 6.64. The van der Waals surface area contributed by atoms with Gasteiger partial charge in [-0.05, 0) is 48.0 Å². The minimum Gasteiger partial charge on any atom is -0.495 e. The SMILES string of the molecule is COc1ccccc1NC(=O)COc1ccc(/C=C2/SC(=S)N(c3ccc4c(c3)OCO4)C2=O)cc1. The predicted molar refractivity (Wildman–Crippen MR) is 142 cm³/mol. The zero-order valence-corrected chi connectivity index (χ0v) is 20.7. The molecule has 2 amide bonds. The van der Waals surface area contributed by atoms with Crippen LogP contribution < -0.4 is 29.2 Å². The highest BCUT2D eigenvalue weighted by molar-refractivity contribution is 8.27. The van der Waals surface area contributed by atoms with Crippen LogP contribution in [0.5, 0.6) is 23.0 Å². The maximum atomic E-state index is 13.1. The minimum atomic E-state index is -0.309. The predicted octanol–water partition coefficient (Wildman–Crippen LogP) is 4.85. The van der Waals surface area contributed by atoms with Gasteiger partial charge in [0, 0.05) is 6.07 Å². The van der Waals surface area contributed by atoms with E-state index >= 15 is 0 Å². The monoisotopic (exact) mass is 520 g/mol. The second-order valence-corrected chi connectivity index (χ2v) is 9.34. The second-order valence-electron chi connectivity index (χ2n) is 7.66. The van der Waals surface area contributed by atoms with Crippen LogP contribution in [0.1, 0.15) is 5.56 Å². The number of amides is 2. The molecule has 10 heteroatoms. The van der Waals surface area contributed by atoms with Crippen LogP contribution in [0.4, 0.5) is 11.4 Å². The van der Waals surface area contributed by atoms with Crippen LogP contribution in [0.2, 0.25) is 0 Å². The van der Waals surface area contributed by atoms with Crippen LogP contribution >= 0.6 is 24.0 Å². The fourth-order valence-electron chi connectivity index (χ4n) is 3.61. The van der Waals surface area contributed by atoms with Crippen LogP contribution in [0.3, 0.4) is 0 Å². The number of carbonyl (C=O) groups is 2. The van der Waals surface area contributed by atoms with E-state index in [-0.39, 0.29) is 25.2 Å². The van der Waals surface area contributed by atoms with Crippen molar-refractivity contribution in [1.29, 1.82) is 0 Å². The number of hydrogen-bond acceptors (Lipinski definition) is 8. The average Bonchev–Trinajstić information content (AvgIpc) is 3.47. The second kappa shape index (κ2) is 10.3. The Kier molecular flexibility index (Phi) is 6.79. The molecule has 2 heterocycles. The van der Waals surface area contributed by atoms with Gasteiger partial charge in [-0.1, -0.05) is 48.2 Å². The summed E-state index contributed by atoms with van der Waals surface area (Å²) in [5, 5.41) is 2.76. The van der Waals surface area contributed by atoms with E-state index in [9.17, 15) is 9.59 Å². The minimum absolute atomic E-state index is 0.156. The van der Waals surface area contributed by atoms with Gasteiger partial charge in [-0.25, -0.2) is 0 Å². The number of anilines is 2. The number of ether oxygens (including phenoxy) is 4. The zero-order valence-electron chi connectivity index (χ0n) is 19.1. The van der Waals surface area contributed by atoms with E-state index in [1.165, 1.54) is 16.7 Å². The first-order valence-corrected chi connectivity index (χ1v) is 12.1. The van der Waals surface area contributed by atoms with Gasteiger partial charge in [0.1, 0.15) is 11.5 Å². The molecule has 182 valence electrons. The molecule has 0 saturated carbocycles. The number of thiocarbonyl (C=S) groups is 1. The topological polar surface area (TPSA) is 86.3 Å². The Balaban J connectivity index is 1.21. The molecule has 2 aliphatic heterocycles. The van der Waals surface area contributed by atoms with Crippen molar-refractivity contribution in [2.24, 2.45) is 0 Å². The number of benzene rings is 3. The van der Waals surface area contributed by atoms with Gasteiger partial charge in [-0.2, -0.15) is 0 Å². The van der Waals surface area contributed by atoms with Crippen molar-refractivity contribution in [1.82, 2.24) is 0 Å². The molecule has 1 fully saturated rings. The highest BCUT2D eigenvalue weighted by Crippen LogP contribution is 2.40. The molecule has 36 heavy (non-hydrogen) atoms. The van der Waals surface area contributed by atoms with Crippen molar-refractivity contribution in [3.05, 3.63) is 77.2 Å². The van der Waals surface area contributed by atoms with E-state index in [4.69, 9.17) is 31.2 Å². The summed E-state index contributed by atoms with van der Waals surface area (Å²) < 4.78 is 22.0. The molecule has 0 aliphatic carbocycles. The number of hydrogen-bond donors (Lipinski definition) is 1. The summed E-state index contributed by atoms with van der Waals surface area (Å²) in [5.41, 5.74) is 1.99. The third-order valence-electron chi connectivity index (χ3n) is 5.34. The first-order valence-electron chi connectivity index (χ1n) is 10.8. The van der Waals surface area contributed by atoms with Gasteiger partial charge in [0.25, 0.3) is 11.8 Å². The van der Waals surface area contributed by atoms with Gasteiger partial charge in [0.2, 0.25) is 6.79 Å². The van der Waals surface area contributed by atoms with Crippen LogP contribution in [0.25, 0.3) is 6.08 Å². The van der Waals surface area contributed by atoms with Crippen LogP contribution in [0.15, 0.2) is 71.6 Å². The summed E-state index contributed by atoms with van der Waals surface area (Å²) in [7, 11) is 1.54. The van der Waals surface area contributed by atoms with Gasteiger partial charge in [0.15, 0.2) is 22.4 Å². The number of nitrogens with one attached hydrogen (secondary N) is 1. The summed E-state index contributed by atoms with van der Waals surface area (Å²) in [6, 6.07) is 19.5. The molecule has 0 aromatic heterocycles. The molecule has 1 saturated heterocycles. The summed E-state index contributed by atoms with van der Waals surface area (Å²) in [4.78, 5) is 27.3.